The van der Waals surface area contributed by atoms with E-state index in [1.807, 2.05) is 4.57 Å². The fourth-order valence-electron chi connectivity index (χ4n) is 2.87. The van der Waals surface area contributed by atoms with Crippen LogP contribution in [0.3, 0.4) is 0 Å². The highest BCUT2D eigenvalue weighted by Gasteiger charge is 2.67. The number of aromatic nitrogens is 3. The molecule has 2 rings (SSSR count). The lowest BCUT2D eigenvalue weighted by molar-refractivity contribution is 0.264. The van der Waals surface area contributed by atoms with E-state index in [4.69, 9.17) is 0 Å². The molecule has 1 aliphatic rings. The first-order valence-corrected chi connectivity index (χ1v) is 5.90. The highest BCUT2D eigenvalue weighted by molar-refractivity contribution is 5.27. The molecule has 0 aliphatic heterocycles. The van der Waals surface area contributed by atoms with E-state index in [1.54, 1.807) is 0 Å². The van der Waals surface area contributed by atoms with Crippen molar-refractivity contribution >= 4 is 0 Å². The van der Waals surface area contributed by atoms with Crippen molar-refractivity contribution in [2.75, 3.05) is 0 Å². The summed E-state index contributed by atoms with van der Waals surface area (Å²) < 4.78 is 2.04. The number of rotatable bonds is 3. The summed E-state index contributed by atoms with van der Waals surface area (Å²) in [7, 11) is 0. The SMILES string of the molecule is CCn1c(CO)nnc1C1C(C)(C)C1(C)C. The Hall–Kier alpha value is -0.900. The van der Waals surface area contributed by atoms with Crippen LogP contribution in [-0.4, -0.2) is 19.9 Å². The van der Waals surface area contributed by atoms with Crippen LogP contribution in [0.1, 0.15) is 52.2 Å². The molecule has 0 radical (unpaired) electrons. The van der Waals surface area contributed by atoms with Crippen molar-refractivity contribution in [1.29, 1.82) is 0 Å². The van der Waals surface area contributed by atoms with E-state index in [2.05, 4.69) is 44.8 Å². The summed E-state index contributed by atoms with van der Waals surface area (Å²) in [5.41, 5.74) is 0.527. The van der Waals surface area contributed by atoms with E-state index in [1.165, 1.54) is 0 Å². The minimum Gasteiger partial charge on any atom is -0.388 e. The largest absolute Gasteiger partial charge is 0.388 e. The van der Waals surface area contributed by atoms with Gasteiger partial charge in [-0.3, -0.25) is 0 Å². The van der Waals surface area contributed by atoms with Gasteiger partial charge < -0.3 is 9.67 Å². The molecule has 0 atom stereocenters. The van der Waals surface area contributed by atoms with Crippen LogP contribution >= 0.6 is 0 Å². The van der Waals surface area contributed by atoms with E-state index < -0.39 is 0 Å². The standard InChI is InChI=1S/C12H21N3O/c1-6-15-8(7-16)13-14-10(15)9-11(2,3)12(9,4)5/h9,16H,6-7H2,1-5H3. The first-order chi connectivity index (χ1) is 7.37. The van der Waals surface area contributed by atoms with Crippen molar-refractivity contribution in [3.05, 3.63) is 11.6 Å². The van der Waals surface area contributed by atoms with Gasteiger partial charge in [-0.15, -0.1) is 10.2 Å². The molecule has 0 aromatic carbocycles. The van der Waals surface area contributed by atoms with Gasteiger partial charge in [0.2, 0.25) is 0 Å². The highest BCUT2D eigenvalue weighted by Crippen LogP contribution is 2.73. The summed E-state index contributed by atoms with van der Waals surface area (Å²) >= 11 is 0. The van der Waals surface area contributed by atoms with Crippen LogP contribution in [0, 0.1) is 10.8 Å². The average molecular weight is 223 g/mol. The summed E-state index contributed by atoms with van der Waals surface area (Å²) in [5, 5.41) is 17.5. The van der Waals surface area contributed by atoms with Gasteiger partial charge in [-0.05, 0) is 17.8 Å². The van der Waals surface area contributed by atoms with Gasteiger partial charge in [0.15, 0.2) is 5.82 Å². The second-order valence-corrected chi connectivity index (χ2v) is 5.75. The molecule has 1 saturated carbocycles. The van der Waals surface area contributed by atoms with Crippen LogP contribution in [0.2, 0.25) is 0 Å². The summed E-state index contributed by atoms with van der Waals surface area (Å²) in [4.78, 5) is 0. The van der Waals surface area contributed by atoms with Crippen molar-refractivity contribution < 1.29 is 5.11 Å². The van der Waals surface area contributed by atoms with E-state index >= 15 is 0 Å². The van der Waals surface area contributed by atoms with Crippen molar-refractivity contribution in [3.8, 4) is 0 Å². The van der Waals surface area contributed by atoms with Crippen LogP contribution in [0.15, 0.2) is 0 Å². The van der Waals surface area contributed by atoms with Gasteiger partial charge in [-0.2, -0.15) is 0 Å². The maximum Gasteiger partial charge on any atom is 0.158 e. The van der Waals surface area contributed by atoms with Crippen LogP contribution in [0.5, 0.6) is 0 Å². The van der Waals surface area contributed by atoms with Crippen molar-refractivity contribution in [2.24, 2.45) is 10.8 Å². The van der Waals surface area contributed by atoms with Crippen molar-refractivity contribution in [1.82, 2.24) is 14.8 Å². The fraction of sp³-hybridized carbons (Fsp3) is 0.833. The third-order valence-corrected chi connectivity index (χ3v) is 4.59. The Morgan fingerprint density at radius 2 is 1.75 bits per heavy atom. The van der Waals surface area contributed by atoms with E-state index in [-0.39, 0.29) is 17.4 Å². The molecule has 1 heterocycles. The van der Waals surface area contributed by atoms with Gasteiger partial charge in [-0.1, -0.05) is 27.7 Å². The highest BCUT2D eigenvalue weighted by atomic mass is 16.3. The lowest BCUT2D eigenvalue weighted by Gasteiger charge is -2.06. The molecule has 0 unspecified atom stereocenters. The molecule has 0 saturated heterocycles. The molecule has 1 aliphatic carbocycles. The van der Waals surface area contributed by atoms with E-state index in [0.717, 1.165) is 12.4 Å². The summed E-state index contributed by atoms with van der Waals surface area (Å²) in [6, 6.07) is 0. The van der Waals surface area contributed by atoms with E-state index in [0.29, 0.717) is 11.7 Å². The van der Waals surface area contributed by atoms with Gasteiger partial charge in [0, 0.05) is 12.5 Å². The topological polar surface area (TPSA) is 50.9 Å². The summed E-state index contributed by atoms with van der Waals surface area (Å²) in [6.45, 7) is 11.9. The monoisotopic (exact) mass is 223 g/mol. The molecular formula is C12H21N3O. The molecule has 0 amide bonds. The first kappa shape index (κ1) is 11.6. The van der Waals surface area contributed by atoms with Gasteiger partial charge in [0.1, 0.15) is 12.4 Å². The predicted octanol–water partition coefficient (Wildman–Crippen LogP) is 1.94. The maximum absolute atomic E-state index is 9.20. The third-order valence-electron chi connectivity index (χ3n) is 4.59. The molecule has 0 spiro atoms. The first-order valence-electron chi connectivity index (χ1n) is 5.90. The molecule has 1 aromatic rings. The number of aliphatic hydroxyl groups excluding tert-OH is 1. The van der Waals surface area contributed by atoms with E-state index in [9.17, 15) is 5.11 Å². The molecule has 0 bridgehead atoms. The zero-order valence-corrected chi connectivity index (χ0v) is 10.8. The molecule has 90 valence electrons. The second kappa shape index (κ2) is 3.29. The number of nitrogens with zero attached hydrogens (tertiary/aromatic N) is 3. The summed E-state index contributed by atoms with van der Waals surface area (Å²) in [6.07, 6.45) is 0. The van der Waals surface area contributed by atoms with Crippen LogP contribution in [0.25, 0.3) is 0 Å². The Morgan fingerprint density at radius 1 is 1.19 bits per heavy atom. The molecule has 16 heavy (non-hydrogen) atoms. The summed E-state index contributed by atoms with van der Waals surface area (Å²) in [5.74, 6) is 2.14. The predicted molar refractivity (Wildman–Crippen MR) is 61.9 cm³/mol. The minimum atomic E-state index is -0.0333. The maximum atomic E-state index is 9.20. The Morgan fingerprint density at radius 3 is 2.12 bits per heavy atom. The van der Waals surface area contributed by atoms with Gasteiger partial charge >= 0.3 is 0 Å². The molecule has 1 aromatic heterocycles. The molecule has 1 N–H and O–H groups in total. The quantitative estimate of drug-likeness (QED) is 0.852. The van der Waals surface area contributed by atoms with Gasteiger partial charge in [0.25, 0.3) is 0 Å². The average Bonchev–Trinajstić information content (AvgIpc) is 2.54. The lowest BCUT2D eigenvalue weighted by Crippen LogP contribution is -2.07. The molecule has 1 fully saturated rings. The number of hydrogen-bond acceptors (Lipinski definition) is 3. The zero-order chi connectivity index (χ0) is 12.1. The number of hydrogen-bond donors (Lipinski definition) is 1. The zero-order valence-electron chi connectivity index (χ0n) is 10.8. The van der Waals surface area contributed by atoms with Crippen molar-refractivity contribution in [3.63, 3.8) is 0 Å². The Kier molecular flexibility index (Phi) is 2.38. The van der Waals surface area contributed by atoms with Gasteiger partial charge in [-0.25, -0.2) is 0 Å². The minimum absolute atomic E-state index is 0.0333. The normalized spacial score (nSPS) is 22.4. The Labute approximate surface area is 96.7 Å². The smallest absolute Gasteiger partial charge is 0.158 e. The van der Waals surface area contributed by atoms with Crippen LogP contribution in [-0.2, 0) is 13.2 Å². The van der Waals surface area contributed by atoms with Crippen LogP contribution < -0.4 is 0 Å². The van der Waals surface area contributed by atoms with Gasteiger partial charge in [0.05, 0.1) is 0 Å². The Balaban J connectivity index is 2.40. The molecule has 4 nitrogen and oxygen atoms in total. The lowest BCUT2D eigenvalue weighted by atomic mass is 10.0. The van der Waals surface area contributed by atoms with Crippen LogP contribution in [0.4, 0.5) is 0 Å². The third kappa shape index (κ3) is 1.25. The van der Waals surface area contributed by atoms with Crippen molar-refractivity contribution in [2.45, 2.75) is 53.7 Å². The fourth-order valence-corrected chi connectivity index (χ4v) is 2.87. The second-order valence-electron chi connectivity index (χ2n) is 5.75. The molecular weight excluding hydrogens is 202 g/mol. The molecule has 4 heteroatoms. The Bertz CT molecular complexity index is 392. The number of aliphatic hydroxyl groups is 1.